The molecule has 0 saturated heterocycles. The van der Waals surface area contributed by atoms with Crippen molar-refractivity contribution in [3.8, 4) is 0 Å². The van der Waals surface area contributed by atoms with Gasteiger partial charge in [0.1, 0.15) is 12.6 Å². The summed E-state index contributed by atoms with van der Waals surface area (Å²) in [6.45, 7) is 4.87. The van der Waals surface area contributed by atoms with Crippen molar-refractivity contribution in [2.75, 3.05) is 10.8 Å². The van der Waals surface area contributed by atoms with E-state index in [0.29, 0.717) is 32.6 Å². The van der Waals surface area contributed by atoms with Gasteiger partial charge in [0.05, 0.1) is 10.6 Å². The lowest BCUT2D eigenvalue weighted by Gasteiger charge is -2.35. The minimum absolute atomic E-state index is 0.0155. The summed E-state index contributed by atoms with van der Waals surface area (Å²) in [5, 5.41) is 4.24. The number of nitrogens with one attached hydrogen (secondary N) is 1. The van der Waals surface area contributed by atoms with Gasteiger partial charge in [-0.15, -0.1) is 0 Å². The minimum atomic E-state index is -4.22. The number of halogens is 3. The Kier molecular flexibility index (Phi) is 11.6. The molecule has 1 aliphatic carbocycles. The van der Waals surface area contributed by atoms with Crippen LogP contribution in [0.15, 0.2) is 65.6 Å². The first-order valence-electron chi connectivity index (χ1n) is 14.8. The predicted molar refractivity (Wildman–Crippen MR) is 178 cm³/mol. The molecular weight excluding hydrogens is 641 g/mol. The van der Waals surface area contributed by atoms with Crippen LogP contribution in [0, 0.1) is 13.8 Å². The van der Waals surface area contributed by atoms with Gasteiger partial charge in [-0.2, -0.15) is 0 Å². The van der Waals surface area contributed by atoms with E-state index in [9.17, 15) is 18.0 Å². The molecule has 1 saturated carbocycles. The van der Waals surface area contributed by atoms with Crippen molar-refractivity contribution < 1.29 is 18.0 Å². The molecule has 2 amide bonds. The lowest BCUT2D eigenvalue weighted by atomic mass is 9.95. The van der Waals surface area contributed by atoms with Gasteiger partial charge in [-0.25, -0.2) is 8.42 Å². The van der Waals surface area contributed by atoms with Gasteiger partial charge in [0.15, 0.2) is 0 Å². The molecule has 1 aliphatic rings. The van der Waals surface area contributed by atoms with E-state index in [0.717, 1.165) is 42.0 Å². The van der Waals surface area contributed by atoms with Crippen molar-refractivity contribution in [2.45, 2.75) is 82.8 Å². The van der Waals surface area contributed by atoms with E-state index in [1.54, 1.807) is 49.4 Å². The number of rotatable bonds is 11. The number of hydrogen-bond acceptors (Lipinski definition) is 4. The molecular formula is C33H38Cl3N3O4S. The van der Waals surface area contributed by atoms with E-state index in [4.69, 9.17) is 34.8 Å². The number of amides is 2. The van der Waals surface area contributed by atoms with Gasteiger partial charge in [-0.05, 0) is 80.6 Å². The third kappa shape index (κ3) is 8.27. The van der Waals surface area contributed by atoms with Gasteiger partial charge < -0.3 is 10.2 Å². The molecule has 0 spiro atoms. The Morgan fingerprint density at radius 1 is 0.909 bits per heavy atom. The number of hydrogen-bond donors (Lipinski definition) is 1. The van der Waals surface area contributed by atoms with E-state index >= 15 is 0 Å². The van der Waals surface area contributed by atoms with Crippen LogP contribution >= 0.6 is 34.8 Å². The molecule has 7 nitrogen and oxygen atoms in total. The molecule has 3 aromatic rings. The highest BCUT2D eigenvalue weighted by Crippen LogP contribution is 2.31. The predicted octanol–water partition coefficient (Wildman–Crippen LogP) is 7.72. The van der Waals surface area contributed by atoms with Gasteiger partial charge in [0.25, 0.3) is 10.0 Å². The summed E-state index contributed by atoms with van der Waals surface area (Å²) in [7, 11) is -4.22. The van der Waals surface area contributed by atoms with Crippen molar-refractivity contribution in [1.29, 1.82) is 0 Å². The molecule has 1 N–H and O–H groups in total. The monoisotopic (exact) mass is 677 g/mol. The first-order chi connectivity index (χ1) is 20.9. The van der Waals surface area contributed by atoms with Gasteiger partial charge in [0, 0.05) is 27.7 Å². The molecule has 0 aromatic heterocycles. The van der Waals surface area contributed by atoms with E-state index in [1.807, 2.05) is 13.8 Å². The average molecular weight is 679 g/mol. The third-order valence-corrected chi connectivity index (χ3v) is 10.6. The minimum Gasteiger partial charge on any atom is -0.352 e. The normalized spacial score (nSPS) is 14.6. The van der Waals surface area contributed by atoms with Crippen LogP contribution in [0.5, 0.6) is 0 Å². The second-order valence-electron chi connectivity index (χ2n) is 11.3. The zero-order chi connectivity index (χ0) is 32.0. The Balaban J connectivity index is 1.76. The molecule has 0 radical (unpaired) electrons. The zero-order valence-electron chi connectivity index (χ0n) is 25.2. The molecule has 0 bridgehead atoms. The number of benzene rings is 3. The third-order valence-electron chi connectivity index (χ3n) is 8.02. The van der Waals surface area contributed by atoms with Crippen LogP contribution in [0.1, 0.15) is 62.1 Å². The van der Waals surface area contributed by atoms with Crippen LogP contribution in [-0.2, 0) is 26.2 Å². The maximum atomic E-state index is 14.4. The second-order valence-corrected chi connectivity index (χ2v) is 14.4. The fraction of sp³-hybridized carbons (Fsp3) is 0.394. The highest BCUT2D eigenvalue weighted by Gasteiger charge is 2.35. The van der Waals surface area contributed by atoms with Gasteiger partial charge >= 0.3 is 0 Å². The Hall–Kier alpha value is -2.78. The SMILES string of the molecule is CC[C@H](C(=O)NC1CCCCC1)N(Cc1ccc(Cl)cc1Cl)C(=O)CN(c1cc(Cl)ccc1C)S(=O)(=O)c1ccc(C)cc1. The fourth-order valence-corrected chi connectivity index (χ4v) is 7.60. The van der Waals surface area contributed by atoms with Crippen LogP contribution in [0.3, 0.4) is 0 Å². The van der Waals surface area contributed by atoms with Crippen LogP contribution in [0.2, 0.25) is 15.1 Å². The van der Waals surface area contributed by atoms with Gasteiger partial charge in [-0.1, -0.05) is 90.8 Å². The first-order valence-corrected chi connectivity index (χ1v) is 17.4. The molecule has 0 aliphatic heterocycles. The summed E-state index contributed by atoms with van der Waals surface area (Å²) in [6.07, 6.45) is 5.30. The summed E-state index contributed by atoms with van der Waals surface area (Å²) < 4.78 is 29.4. The largest absolute Gasteiger partial charge is 0.352 e. The quantitative estimate of drug-likeness (QED) is 0.225. The molecule has 4 rings (SSSR count). The molecule has 1 atom stereocenters. The maximum absolute atomic E-state index is 14.4. The number of carbonyl (C=O) groups excluding carboxylic acids is 2. The summed E-state index contributed by atoms with van der Waals surface area (Å²) in [5.41, 5.74) is 2.37. The number of aryl methyl sites for hydroxylation is 2. The lowest BCUT2D eigenvalue weighted by Crippen LogP contribution is -2.54. The molecule has 236 valence electrons. The van der Waals surface area contributed by atoms with Crippen molar-refractivity contribution in [3.63, 3.8) is 0 Å². The fourth-order valence-electron chi connectivity index (χ4n) is 5.50. The van der Waals surface area contributed by atoms with Crippen LogP contribution in [0.25, 0.3) is 0 Å². The zero-order valence-corrected chi connectivity index (χ0v) is 28.2. The van der Waals surface area contributed by atoms with Crippen molar-refractivity contribution in [2.24, 2.45) is 0 Å². The summed E-state index contributed by atoms with van der Waals surface area (Å²) >= 11 is 19.0. The van der Waals surface area contributed by atoms with E-state index < -0.39 is 28.5 Å². The smallest absolute Gasteiger partial charge is 0.264 e. The maximum Gasteiger partial charge on any atom is 0.264 e. The van der Waals surface area contributed by atoms with Crippen LogP contribution in [-0.4, -0.2) is 43.8 Å². The lowest BCUT2D eigenvalue weighted by molar-refractivity contribution is -0.140. The topological polar surface area (TPSA) is 86.8 Å². The highest BCUT2D eigenvalue weighted by molar-refractivity contribution is 7.92. The second kappa shape index (κ2) is 15.0. The van der Waals surface area contributed by atoms with E-state index in [1.165, 1.54) is 23.1 Å². The summed E-state index contributed by atoms with van der Waals surface area (Å²) in [4.78, 5) is 29.5. The van der Waals surface area contributed by atoms with Gasteiger partial charge in [0.2, 0.25) is 11.8 Å². The number of carbonyl (C=O) groups is 2. The molecule has 44 heavy (non-hydrogen) atoms. The standard InChI is InChI=1S/C33H38Cl3N3O4S/c1-4-30(33(41)37-27-8-6-5-7-9-27)38(20-24-13-15-25(34)18-29(24)36)32(40)21-39(31-19-26(35)14-12-23(31)3)44(42,43)28-16-10-22(2)11-17-28/h10-19,27,30H,4-9,20-21H2,1-3H3,(H,37,41)/t30-/m1/s1. The summed E-state index contributed by atoms with van der Waals surface area (Å²) in [6, 6.07) is 15.5. The van der Waals surface area contributed by atoms with Crippen LogP contribution < -0.4 is 9.62 Å². The molecule has 1 fully saturated rings. The molecule has 3 aromatic carbocycles. The first kappa shape index (κ1) is 34.1. The Bertz CT molecular complexity index is 1590. The van der Waals surface area contributed by atoms with Gasteiger partial charge in [-0.3, -0.25) is 13.9 Å². The Morgan fingerprint density at radius 2 is 1.55 bits per heavy atom. The van der Waals surface area contributed by atoms with Crippen molar-refractivity contribution in [1.82, 2.24) is 10.2 Å². The highest BCUT2D eigenvalue weighted by atomic mass is 35.5. The number of sulfonamides is 1. The Morgan fingerprint density at radius 3 is 2.18 bits per heavy atom. The van der Waals surface area contributed by atoms with Crippen molar-refractivity contribution in [3.05, 3.63) is 92.4 Å². The van der Waals surface area contributed by atoms with E-state index in [2.05, 4.69) is 5.32 Å². The number of nitrogens with zero attached hydrogens (tertiary/aromatic N) is 2. The molecule has 0 heterocycles. The average Bonchev–Trinajstić information content (AvgIpc) is 2.98. The number of anilines is 1. The van der Waals surface area contributed by atoms with E-state index in [-0.39, 0.29) is 29.1 Å². The van der Waals surface area contributed by atoms with Crippen LogP contribution in [0.4, 0.5) is 5.69 Å². The Labute approximate surface area is 275 Å². The summed E-state index contributed by atoms with van der Waals surface area (Å²) in [5.74, 6) is -0.832. The van der Waals surface area contributed by atoms with Crippen molar-refractivity contribution >= 4 is 62.3 Å². The molecule has 11 heteroatoms. The molecule has 0 unspecified atom stereocenters.